The summed E-state index contributed by atoms with van der Waals surface area (Å²) in [6, 6.07) is 5.75. The maximum atomic E-state index is 13.9. The molecular weight excluding hydrogens is 365 g/mol. The van der Waals surface area contributed by atoms with Gasteiger partial charge in [0.15, 0.2) is 0 Å². The highest BCUT2D eigenvalue weighted by Gasteiger charge is 2.41. The summed E-state index contributed by atoms with van der Waals surface area (Å²) in [6.45, 7) is 2.34. The first-order valence-electron chi connectivity index (χ1n) is 9.75. The molecule has 0 spiro atoms. The molecule has 154 valence electrons. The SMILES string of the molecule is COCCNC(=O)[C@@H]1C[C@@H](O)CN1C1CCN(C(=O)c2ccccc2F)CC1. The van der Waals surface area contributed by atoms with Crippen LogP contribution < -0.4 is 5.32 Å². The number of hydrogen-bond donors (Lipinski definition) is 2. The zero-order chi connectivity index (χ0) is 20.1. The molecule has 2 atom stereocenters. The Morgan fingerprint density at radius 2 is 2.00 bits per heavy atom. The van der Waals surface area contributed by atoms with Crippen LogP contribution in [0.15, 0.2) is 24.3 Å². The number of ether oxygens (including phenoxy) is 1. The summed E-state index contributed by atoms with van der Waals surface area (Å²) < 4.78 is 18.8. The van der Waals surface area contributed by atoms with Gasteiger partial charge in [-0.3, -0.25) is 14.5 Å². The number of benzene rings is 1. The third kappa shape index (κ3) is 4.68. The van der Waals surface area contributed by atoms with E-state index < -0.39 is 11.9 Å². The van der Waals surface area contributed by atoms with Gasteiger partial charge in [-0.2, -0.15) is 0 Å². The van der Waals surface area contributed by atoms with E-state index in [-0.39, 0.29) is 29.5 Å². The fourth-order valence-corrected chi connectivity index (χ4v) is 4.10. The number of amides is 2. The van der Waals surface area contributed by atoms with Crippen molar-refractivity contribution in [2.45, 2.75) is 37.5 Å². The zero-order valence-corrected chi connectivity index (χ0v) is 16.1. The predicted octanol–water partition coefficient (Wildman–Crippen LogP) is 0.628. The highest BCUT2D eigenvalue weighted by atomic mass is 19.1. The summed E-state index contributed by atoms with van der Waals surface area (Å²) in [5.41, 5.74) is 0.0907. The summed E-state index contributed by atoms with van der Waals surface area (Å²) in [5.74, 6) is -0.907. The van der Waals surface area contributed by atoms with E-state index in [1.807, 2.05) is 0 Å². The van der Waals surface area contributed by atoms with Gasteiger partial charge in [0.25, 0.3) is 5.91 Å². The van der Waals surface area contributed by atoms with Gasteiger partial charge >= 0.3 is 0 Å². The lowest BCUT2D eigenvalue weighted by Crippen LogP contribution is -2.52. The first-order valence-corrected chi connectivity index (χ1v) is 9.75. The van der Waals surface area contributed by atoms with E-state index in [1.54, 1.807) is 24.1 Å². The van der Waals surface area contributed by atoms with Crippen LogP contribution in [0.4, 0.5) is 4.39 Å². The van der Waals surface area contributed by atoms with Gasteiger partial charge in [0.05, 0.1) is 24.3 Å². The first kappa shape index (κ1) is 20.7. The van der Waals surface area contributed by atoms with Gasteiger partial charge in [-0.05, 0) is 31.4 Å². The van der Waals surface area contributed by atoms with E-state index in [0.717, 1.165) is 0 Å². The van der Waals surface area contributed by atoms with Crippen molar-refractivity contribution in [1.29, 1.82) is 0 Å². The molecule has 7 nitrogen and oxygen atoms in total. The second-order valence-corrected chi connectivity index (χ2v) is 7.39. The van der Waals surface area contributed by atoms with Crippen molar-refractivity contribution < 1.29 is 23.8 Å². The number of methoxy groups -OCH3 is 1. The van der Waals surface area contributed by atoms with Crippen molar-refractivity contribution in [2.24, 2.45) is 0 Å². The standard InChI is InChI=1S/C20H28FN3O4/c1-28-11-8-22-19(26)18-12-15(25)13-24(18)14-6-9-23(10-7-14)20(27)16-4-2-3-5-17(16)21/h2-5,14-15,18,25H,6-13H2,1H3,(H,22,26)/t15-,18+/m1/s1. The molecule has 1 aromatic rings. The third-order valence-electron chi connectivity index (χ3n) is 5.55. The Morgan fingerprint density at radius 1 is 1.29 bits per heavy atom. The van der Waals surface area contributed by atoms with E-state index in [4.69, 9.17) is 4.74 Å². The van der Waals surface area contributed by atoms with E-state index in [0.29, 0.717) is 52.0 Å². The molecule has 2 saturated heterocycles. The quantitative estimate of drug-likeness (QED) is 0.693. The van der Waals surface area contributed by atoms with Gasteiger partial charge in [0.1, 0.15) is 5.82 Å². The molecule has 0 aromatic heterocycles. The summed E-state index contributed by atoms with van der Waals surface area (Å²) in [5, 5.41) is 12.9. The average Bonchev–Trinajstić information content (AvgIpc) is 3.10. The fourth-order valence-electron chi connectivity index (χ4n) is 4.10. The van der Waals surface area contributed by atoms with E-state index in [1.165, 1.54) is 12.1 Å². The lowest BCUT2D eigenvalue weighted by atomic mass is 10.0. The summed E-state index contributed by atoms with van der Waals surface area (Å²) in [7, 11) is 1.58. The van der Waals surface area contributed by atoms with Crippen LogP contribution in [0.3, 0.4) is 0 Å². The monoisotopic (exact) mass is 393 g/mol. The number of carbonyl (C=O) groups excluding carboxylic acids is 2. The Labute approximate surface area is 164 Å². The number of β-amino-alcohol motifs (C(OH)–C–C–N with tert-alkyl or cyclic N) is 1. The van der Waals surface area contributed by atoms with Crippen molar-refractivity contribution in [3.05, 3.63) is 35.6 Å². The summed E-state index contributed by atoms with van der Waals surface area (Å²) >= 11 is 0. The maximum absolute atomic E-state index is 13.9. The predicted molar refractivity (Wildman–Crippen MR) is 101 cm³/mol. The van der Waals surface area contributed by atoms with Crippen LogP contribution in [-0.2, 0) is 9.53 Å². The lowest BCUT2D eigenvalue weighted by Gasteiger charge is -2.38. The number of carbonyl (C=O) groups is 2. The number of aliphatic hydroxyl groups excluding tert-OH is 1. The second-order valence-electron chi connectivity index (χ2n) is 7.39. The van der Waals surface area contributed by atoms with Crippen LogP contribution in [0.5, 0.6) is 0 Å². The molecule has 0 bridgehead atoms. The van der Waals surface area contributed by atoms with E-state index in [9.17, 15) is 19.1 Å². The molecule has 2 aliphatic rings. The molecular formula is C20H28FN3O4. The Balaban J connectivity index is 1.58. The number of piperidine rings is 1. The van der Waals surface area contributed by atoms with Crippen LogP contribution in [-0.4, -0.2) is 84.8 Å². The third-order valence-corrected chi connectivity index (χ3v) is 5.55. The van der Waals surface area contributed by atoms with Crippen molar-refractivity contribution in [2.75, 3.05) is 39.9 Å². The van der Waals surface area contributed by atoms with Gasteiger partial charge in [0.2, 0.25) is 5.91 Å². The van der Waals surface area contributed by atoms with Crippen molar-refractivity contribution >= 4 is 11.8 Å². The molecule has 0 radical (unpaired) electrons. The number of likely N-dealkylation sites (tertiary alicyclic amines) is 2. The van der Waals surface area contributed by atoms with Crippen LogP contribution in [0.1, 0.15) is 29.6 Å². The van der Waals surface area contributed by atoms with Crippen molar-refractivity contribution in [1.82, 2.24) is 15.1 Å². The molecule has 3 rings (SSSR count). The molecule has 2 fully saturated rings. The molecule has 0 aliphatic carbocycles. The van der Waals surface area contributed by atoms with Crippen LogP contribution >= 0.6 is 0 Å². The van der Waals surface area contributed by atoms with Crippen LogP contribution in [0, 0.1) is 5.82 Å². The molecule has 2 amide bonds. The van der Waals surface area contributed by atoms with Gasteiger partial charge in [-0.15, -0.1) is 0 Å². The minimum atomic E-state index is -0.531. The van der Waals surface area contributed by atoms with E-state index >= 15 is 0 Å². The van der Waals surface area contributed by atoms with Crippen molar-refractivity contribution in [3.63, 3.8) is 0 Å². The second kappa shape index (κ2) is 9.45. The Kier molecular flexibility index (Phi) is 6.98. The molecule has 1 aromatic carbocycles. The smallest absolute Gasteiger partial charge is 0.256 e. The molecule has 2 heterocycles. The lowest BCUT2D eigenvalue weighted by molar-refractivity contribution is -0.126. The molecule has 28 heavy (non-hydrogen) atoms. The van der Waals surface area contributed by atoms with E-state index in [2.05, 4.69) is 10.2 Å². The van der Waals surface area contributed by atoms with Gasteiger partial charge in [-0.1, -0.05) is 12.1 Å². The number of aliphatic hydroxyl groups is 1. The van der Waals surface area contributed by atoms with Gasteiger partial charge in [-0.25, -0.2) is 4.39 Å². The van der Waals surface area contributed by atoms with Gasteiger partial charge in [0, 0.05) is 39.3 Å². The Hall–Kier alpha value is -2.03. The molecule has 0 saturated carbocycles. The average molecular weight is 393 g/mol. The number of nitrogens with one attached hydrogen (secondary N) is 1. The highest BCUT2D eigenvalue weighted by Crippen LogP contribution is 2.27. The largest absolute Gasteiger partial charge is 0.392 e. The normalized spacial score (nSPS) is 23.8. The molecule has 2 N–H and O–H groups in total. The van der Waals surface area contributed by atoms with Crippen LogP contribution in [0.25, 0.3) is 0 Å². The maximum Gasteiger partial charge on any atom is 0.256 e. The molecule has 8 heteroatoms. The molecule has 2 aliphatic heterocycles. The summed E-state index contributed by atoms with van der Waals surface area (Å²) in [4.78, 5) is 28.8. The first-order chi connectivity index (χ1) is 13.5. The number of halogens is 1. The topological polar surface area (TPSA) is 82.1 Å². The number of hydrogen-bond acceptors (Lipinski definition) is 5. The number of nitrogens with zero attached hydrogens (tertiary/aromatic N) is 2. The minimum absolute atomic E-state index is 0.0907. The fraction of sp³-hybridized carbons (Fsp3) is 0.600. The zero-order valence-electron chi connectivity index (χ0n) is 16.1. The van der Waals surface area contributed by atoms with Crippen LogP contribution in [0.2, 0.25) is 0 Å². The summed E-state index contributed by atoms with van der Waals surface area (Å²) in [6.07, 6.45) is 1.26. The molecule has 0 unspecified atom stereocenters. The Bertz CT molecular complexity index is 694. The van der Waals surface area contributed by atoms with Crippen molar-refractivity contribution in [3.8, 4) is 0 Å². The van der Waals surface area contributed by atoms with Gasteiger partial charge < -0.3 is 20.1 Å². The highest BCUT2D eigenvalue weighted by molar-refractivity contribution is 5.94. The number of rotatable bonds is 6. The Morgan fingerprint density at radius 3 is 2.68 bits per heavy atom. The minimum Gasteiger partial charge on any atom is -0.392 e.